The number of carboxylic acid groups (broad SMARTS) is 1. The van der Waals surface area contributed by atoms with Gasteiger partial charge in [-0.3, -0.25) is 9.78 Å². The number of benzene rings is 1. The molecular weight excluding hydrogens is 386 g/mol. The van der Waals surface area contributed by atoms with Gasteiger partial charge >= 0.3 is 5.97 Å². The van der Waals surface area contributed by atoms with E-state index < -0.39 is 12.1 Å². The Bertz CT molecular complexity index is 938. The van der Waals surface area contributed by atoms with Crippen molar-refractivity contribution in [1.82, 2.24) is 10.3 Å². The van der Waals surface area contributed by atoms with Crippen LogP contribution in [0.15, 0.2) is 18.2 Å². The minimum atomic E-state index is -1.10. The van der Waals surface area contributed by atoms with Gasteiger partial charge in [0.05, 0.1) is 28.4 Å². The average molecular weight is 415 g/mol. The molecule has 1 unspecified atom stereocenters. The van der Waals surface area contributed by atoms with Gasteiger partial charge in [-0.2, -0.15) is 0 Å². The predicted molar refractivity (Wildman–Crippen MR) is 114 cm³/mol. The summed E-state index contributed by atoms with van der Waals surface area (Å²) in [5.41, 5.74) is 7.36. The van der Waals surface area contributed by atoms with E-state index >= 15 is 0 Å². The number of carbonyl (C=O) groups excluding carboxylic acids is 1. The fraction of sp³-hybridized carbons (Fsp3) is 0.500. The smallest absolute Gasteiger partial charge is 0.339 e. The number of pyridine rings is 1. The zero-order valence-corrected chi connectivity index (χ0v) is 17.6. The Morgan fingerprint density at radius 3 is 2.63 bits per heavy atom. The Balaban J connectivity index is 1.70. The van der Waals surface area contributed by atoms with E-state index in [1.807, 2.05) is 13.0 Å². The van der Waals surface area contributed by atoms with Crippen molar-refractivity contribution < 1.29 is 24.2 Å². The molecule has 0 aliphatic heterocycles. The van der Waals surface area contributed by atoms with E-state index in [0.717, 1.165) is 25.7 Å². The highest BCUT2D eigenvalue weighted by Crippen LogP contribution is 2.35. The molecule has 1 aromatic heterocycles. The van der Waals surface area contributed by atoms with Crippen molar-refractivity contribution in [3.8, 4) is 5.75 Å². The van der Waals surface area contributed by atoms with Crippen molar-refractivity contribution in [3.05, 3.63) is 29.5 Å². The Hall–Kier alpha value is -2.87. The third-order valence-corrected chi connectivity index (χ3v) is 5.51. The molecule has 162 valence electrons. The van der Waals surface area contributed by atoms with Gasteiger partial charge in [-0.05, 0) is 58.6 Å². The molecule has 1 heterocycles. The van der Waals surface area contributed by atoms with Crippen LogP contribution in [0.2, 0.25) is 0 Å². The molecule has 1 aliphatic carbocycles. The van der Waals surface area contributed by atoms with E-state index in [-0.39, 0.29) is 29.3 Å². The second kappa shape index (κ2) is 9.30. The zero-order chi connectivity index (χ0) is 21.8. The first-order chi connectivity index (χ1) is 14.3. The van der Waals surface area contributed by atoms with Crippen LogP contribution < -0.4 is 15.8 Å². The standard InChI is InChI=1S/C22H29N3O5/c1-4-29-13(3)21(26)25-14-8-10-15(11-9-14)30-17-7-5-6-16-19(17)20(23)18(22(27)28)12(2)24-16/h5-7,13-15H,4,8-11H2,1-3H3,(H2,23,24)(H,25,26)(H,27,28)/t13?,14-,15-. The van der Waals surface area contributed by atoms with Crippen molar-refractivity contribution in [2.75, 3.05) is 12.3 Å². The lowest BCUT2D eigenvalue weighted by molar-refractivity contribution is -0.132. The van der Waals surface area contributed by atoms with E-state index in [1.165, 1.54) is 0 Å². The summed E-state index contributed by atoms with van der Waals surface area (Å²) in [6.45, 7) is 5.75. The van der Waals surface area contributed by atoms with Crippen molar-refractivity contribution in [2.24, 2.45) is 0 Å². The number of nitrogens with one attached hydrogen (secondary N) is 1. The average Bonchev–Trinajstić information content (AvgIpc) is 2.69. The van der Waals surface area contributed by atoms with Crippen LogP contribution in [-0.4, -0.2) is 46.8 Å². The molecule has 0 saturated heterocycles. The van der Waals surface area contributed by atoms with Crippen LogP contribution in [0.3, 0.4) is 0 Å². The fourth-order valence-corrected chi connectivity index (χ4v) is 3.96. The van der Waals surface area contributed by atoms with E-state index in [1.54, 1.807) is 26.0 Å². The monoisotopic (exact) mass is 415 g/mol. The summed E-state index contributed by atoms with van der Waals surface area (Å²) >= 11 is 0. The first-order valence-corrected chi connectivity index (χ1v) is 10.3. The van der Waals surface area contributed by atoms with Crippen LogP contribution in [0.25, 0.3) is 10.9 Å². The molecule has 1 aliphatic rings. The topological polar surface area (TPSA) is 124 Å². The first kappa shape index (κ1) is 21.8. The Morgan fingerprint density at radius 2 is 2.00 bits per heavy atom. The number of ether oxygens (including phenoxy) is 2. The maximum atomic E-state index is 12.1. The molecule has 4 N–H and O–H groups in total. The number of amides is 1. The minimum absolute atomic E-state index is 0.00777. The fourth-order valence-electron chi connectivity index (χ4n) is 3.96. The highest BCUT2D eigenvalue weighted by Gasteiger charge is 2.26. The van der Waals surface area contributed by atoms with Crippen molar-refractivity contribution in [3.63, 3.8) is 0 Å². The molecule has 30 heavy (non-hydrogen) atoms. The van der Waals surface area contributed by atoms with Crippen LogP contribution in [0, 0.1) is 6.92 Å². The summed E-state index contributed by atoms with van der Waals surface area (Å²) in [4.78, 5) is 28.1. The number of aryl methyl sites for hydroxylation is 1. The Labute approximate surface area is 175 Å². The lowest BCUT2D eigenvalue weighted by Gasteiger charge is -2.30. The van der Waals surface area contributed by atoms with Gasteiger partial charge in [0, 0.05) is 12.6 Å². The molecule has 0 radical (unpaired) electrons. The number of carboxylic acids is 1. The number of anilines is 1. The van der Waals surface area contributed by atoms with Crippen molar-refractivity contribution in [2.45, 2.75) is 64.7 Å². The molecule has 2 aromatic rings. The third-order valence-electron chi connectivity index (χ3n) is 5.51. The quantitative estimate of drug-likeness (QED) is 0.635. The van der Waals surface area contributed by atoms with E-state index in [0.29, 0.717) is 29.0 Å². The second-order valence-corrected chi connectivity index (χ2v) is 7.64. The van der Waals surface area contributed by atoms with Gasteiger partial charge in [0.2, 0.25) is 5.91 Å². The molecule has 0 spiro atoms. The summed E-state index contributed by atoms with van der Waals surface area (Å²) < 4.78 is 11.5. The number of aromatic carboxylic acids is 1. The maximum Gasteiger partial charge on any atom is 0.339 e. The zero-order valence-electron chi connectivity index (χ0n) is 17.6. The van der Waals surface area contributed by atoms with Crippen LogP contribution in [0.5, 0.6) is 5.75 Å². The molecule has 8 nitrogen and oxygen atoms in total. The number of aromatic nitrogens is 1. The SMILES string of the molecule is CCOC(C)C(=O)N[C@H]1CC[C@H](Oc2cccc3nc(C)c(C(=O)O)c(N)c23)CC1. The van der Waals surface area contributed by atoms with Gasteiger partial charge in [-0.1, -0.05) is 6.07 Å². The molecule has 1 aromatic carbocycles. The highest BCUT2D eigenvalue weighted by molar-refractivity contribution is 6.06. The van der Waals surface area contributed by atoms with Crippen LogP contribution in [0.4, 0.5) is 5.69 Å². The summed E-state index contributed by atoms with van der Waals surface area (Å²) in [6.07, 6.45) is 2.65. The minimum Gasteiger partial charge on any atom is -0.490 e. The molecule has 1 atom stereocenters. The molecule has 3 rings (SSSR count). The van der Waals surface area contributed by atoms with E-state index in [2.05, 4.69) is 10.3 Å². The number of rotatable bonds is 7. The Morgan fingerprint density at radius 1 is 1.30 bits per heavy atom. The summed E-state index contributed by atoms with van der Waals surface area (Å²) in [5, 5.41) is 13.1. The van der Waals surface area contributed by atoms with E-state index in [4.69, 9.17) is 15.2 Å². The van der Waals surface area contributed by atoms with Crippen molar-refractivity contribution in [1.29, 1.82) is 0 Å². The predicted octanol–water partition coefficient (Wildman–Crippen LogP) is 3.05. The van der Waals surface area contributed by atoms with Gasteiger partial charge < -0.3 is 25.6 Å². The highest BCUT2D eigenvalue weighted by atomic mass is 16.5. The van der Waals surface area contributed by atoms with Gasteiger partial charge in [0.1, 0.15) is 17.4 Å². The summed E-state index contributed by atoms with van der Waals surface area (Å²) in [7, 11) is 0. The Kier molecular flexibility index (Phi) is 6.77. The molecule has 1 saturated carbocycles. The van der Waals surface area contributed by atoms with E-state index in [9.17, 15) is 14.7 Å². The van der Waals surface area contributed by atoms with Gasteiger partial charge in [-0.15, -0.1) is 0 Å². The van der Waals surface area contributed by atoms with Crippen LogP contribution >= 0.6 is 0 Å². The van der Waals surface area contributed by atoms with Crippen LogP contribution in [0.1, 0.15) is 55.6 Å². The summed E-state index contributed by atoms with van der Waals surface area (Å²) in [5.74, 6) is -0.658. The number of nitrogens with zero attached hydrogens (tertiary/aromatic N) is 1. The van der Waals surface area contributed by atoms with Crippen LogP contribution in [-0.2, 0) is 9.53 Å². The van der Waals surface area contributed by atoms with Gasteiger partial charge in [-0.25, -0.2) is 4.79 Å². The first-order valence-electron chi connectivity index (χ1n) is 10.3. The number of hydrogen-bond donors (Lipinski definition) is 3. The largest absolute Gasteiger partial charge is 0.490 e. The third kappa shape index (κ3) is 4.64. The number of carbonyl (C=O) groups is 2. The normalized spacial score (nSPS) is 20.0. The second-order valence-electron chi connectivity index (χ2n) is 7.64. The van der Waals surface area contributed by atoms with Gasteiger partial charge in [0.15, 0.2) is 0 Å². The molecule has 0 bridgehead atoms. The van der Waals surface area contributed by atoms with Crippen molar-refractivity contribution >= 4 is 28.5 Å². The van der Waals surface area contributed by atoms with Gasteiger partial charge in [0.25, 0.3) is 0 Å². The number of fused-ring (bicyclic) bond motifs is 1. The number of nitrogens with two attached hydrogens (primary N) is 1. The molecule has 8 heteroatoms. The number of nitrogen functional groups attached to an aromatic ring is 1. The molecule has 1 fully saturated rings. The lowest BCUT2D eigenvalue weighted by Crippen LogP contribution is -2.44. The maximum absolute atomic E-state index is 12.1. The lowest BCUT2D eigenvalue weighted by atomic mass is 9.92. The summed E-state index contributed by atoms with van der Waals surface area (Å²) in [6, 6.07) is 5.51. The molecule has 1 amide bonds. The number of hydrogen-bond acceptors (Lipinski definition) is 6. The molecular formula is C22H29N3O5.